The number of nitrogens with zero attached hydrogens (tertiary/aromatic N) is 1. The summed E-state index contributed by atoms with van der Waals surface area (Å²) < 4.78 is 15.9. The number of fused-ring (bicyclic) bond motifs is 1. The number of imide groups is 2. The number of urea groups is 1. The topological polar surface area (TPSA) is 111 Å². The van der Waals surface area contributed by atoms with E-state index in [9.17, 15) is 19.2 Å². The van der Waals surface area contributed by atoms with E-state index in [1.54, 1.807) is 36.4 Å². The Bertz CT molecular complexity index is 1050. The highest BCUT2D eigenvalue weighted by molar-refractivity contribution is 6.17. The maximum atomic E-state index is 13.1. The van der Waals surface area contributed by atoms with Crippen LogP contribution in [0.15, 0.2) is 42.5 Å². The number of hydrogen-bond acceptors (Lipinski definition) is 7. The van der Waals surface area contributed by atoms with Crippen LogP contribution in [0, 0.1) is 5.92 Å². The molecule has 2 aliphatic heterocycles. The molecule has 30 heavy (non-hydrogen) atoms. The van der Waals surface area contributed by atoms with Crippen molar-refractivity contribution in [1.29, 1.82) is 0 Å². The van der Waals surface area contributed by atoms with Gasteiger partial charge in [-0.05, 0) is 11.6 Å². The quantitative estimate of drug-likeness (QED) is 0.591. The van der Waals surface area contributed by atoms with Crippen molar-refractivity contribution in [3.05, 3.63) is 59.2 Å². The summed E-state index contributed by atoms with van der Waals surface area (Å²) in [6.07, 6.45) is -1.19. The molecule has 1 N–H and O–H groups in total. The number of rotatable bonds is 5. The number of amides is 4. The Hall–Kier alpha value is -3.88. The van der Waals surface area contributed by atoms with Gasteiger partial charge in [0.2, 0.25) is 11.8 Å². The molecule has 2 aliphatic rings. The molecule has 0 radical (unpaired) electrons. The molecule has 0 aromatic heterocycles. The summed E-state index contributed by atoms with van der Waals surface area (Å²) in [6, 6.07) is 11.2. The fourth-order valence-electron chi connectivity index (χ4n) is 3.69. The van der Waals surface area contributed by atoms with Crippen molar-refractivity contribution in [2.75, 3.05) is 14.2 Å². The summed E-state index contributed by atoms with van der Waals surface area (Å²) in [5, 5.41) is 2.18. The van der Waals surface area contributed by atoms with Gasteiger partial charge in [0.15, 0.2) is 17.4 Å². The highest BCUT2D eigenvalue weighted by atomic mass is 16.6. The number of methoxy groups -OCH3 is 2. The second-order valence-electron chi connectivity index (χ2n) is 6.77. The lowest BCUT2D eigenvalue weighted by Gasteiger charge is -2.32. The smallest absolute Gasteiger partial charge is 0.343 e. The second-order valence-corrected chi connectivity index (χ2v) is 6.77. The van der Waals surface area contributed by atoms with Gasteiger partial charge in [-0.15, -0.1) is 0 Å². The SMILES string of the molecule is COc1ccc2c(c1OC)C(=O)OC2C1C(=O)NC(=O)N(Cc2ccccc2)C1=O. The van der Waals surface area contributed by atoms with Crippen LogP contribution in [0.1, 0.15) is 27.6 Å². The Morgan fingerprint density at radius 1 is 1.00 bits per heavy atom. The van der Waals surface area contributed by atoms with E-state index in [-0.39, 0.29) is 17.9 Å². The van der Waals surface area contributed by atoms with Crippen LogP contribution in [0.3, 0.4) is 0 Å². The first-order chi connectivity index (χ1) is 14.5. The normalized spacial score (nSPS) is 20.5. The Kier molecular flexibility index (Phi) is 4.86. The molecular weight excluding hydrogens is 392 g/mol. The molecule has 154 valence electrons. The Morgan fingerprint density at radius 2 is 1.73 bits per heavy atom. The minimum absolute atomic E-state index is 0.0191. The van der Waals surface area contributed by atoms with Gasteiger partial charge in [0.25, 0.3) is 0 Å². The summed E-state index contributed by atoms with van der Waals surface area (Å²) in [5.41, 5.74) is 1.12. The lowest BCUT2D eigenvalue weighted by Crippen LogP contribution is -2.58. The van der Waals surface area contributed by atoms with E-state index in [2.05, 4.69) is 5.32 Å². The third-order valence-electron chi connectivity index (χ3n) is 5.10. The summed E-state index contributed by atoms with van der Waals surface area (Å²) in [4.78, 5) is 51.5. The van der Waals surface area contributed by atoms with E-state index in [4.69, 9.17) is 14.2 Å². The van der Waals surface area contributed by atoms with Crippen molar-refractivity contribution in [1.82, 2.24) is 10.2 Å². The van der Waals surface area contributed by atoms with E-state index in [1.807, 2.05) is 6.07 Å². The van der Waals surface area contributed by atoms with Crippen molar-refractivity contribution in [3.63, 3.8) is 0 Å². The lowest BCUT2D eigenvalue weighted by atomic mass is 9.90. The maximum Gasteiger partial charge on any atom is 0.343 e. The number of benzene rings is 2. The van der Waals surface area contributed by atoms with Crippen molar-refractivity contribution in [3.8, 4) is 11.5 Å². The van der Waals surface area contributed by atoms with Crippen LogP contribution in [0.2, 0.25) is 0 Å². The third kappa shape index (κ3) is 3.04. The summed E-state index contributed by atoms with van der Waals surface area (Å²) >= 11 is 0. The molecule has 4 rings (SSSR count). The van der Waals surface area contributed by atoms with Gasteiger partial charge < -0.3 is 14.2 Å². The molecule has 0 spiro atoms. The van der Waals surface area contributed by atoms with Crippen LogP contribution in [0.25, 0.3) is 0 Å². The van der Waals surface area contributed by atoms with Crippen LogP contribution in [-0.2, 0) is 20.9 Å². The van der Waals surface area contributed by atoms with Gasteiger partial charge in [0.1, 0.15) is 11.7 Å². The molecule has 2 atom stereocenters. The zero-order chi connectivity index (χ0) is 21.4. The number of ether oxygens (including phenoxy) is 3. The summed E-state index contributed by atoms with van der Waals surface area (Å²) in [5.74, 6) is -3.24. The van der Waals surface area contributed by atoms with Crippen LogP contribution in [-0.4, -0.2) is 42.9 Å². The molecule has 9 nitrogen and oxygen atoms in total. The minimum Gasteiger partial charge on any atom is -0.493 e. The van der Waals surface area contributed by atoms with Crippen LogP contribution in [0.5, 0.6) is 11.5 Å². The molecule has 4 amide bonds. The van der Waals surface area contributed by atoms with Gasteiger partial charge >= 0.3 is 12.0 Å². The first-order valence-corrected chi connectivity index (χ1v) is 9.12. The fraction of sp³-hybridized carbons (Fsp3) is 0.238. The van der Waals surface area contributed by atoms with Crippen molar-refractivity contribution < 1.29 is 33.4 Å². The highest BCUT2D eigenvalue weighted by Crippen LogP contribution is 2.45. The third-order valence-corrected chi connectivity index (χ3v) is 5.10. The molecule has 0 aliphatic carbocycles. The zero-order valence-electron chi connectivity index (χ0n) is 16.2. The number of cyclic esters (lactones) is 1. The van der Waals surface area contributed by atoms with Gasteiger partial charge in [-0.2, -0.15) is 0 Å². The van der Waals surface area contributed by atoms with Gasteiger partial charge in [-0.3, -0.25) is 19.8 Å². The molecule has 1 fully saturated rings. The first-order valence-electron chi connectivity index (χ1n) is 9.12. The van der Waals surface area contributed by atoms with Crippen LogP contribution < -0.4 is 14.8 Å². The molecule has 2 unspecified atom stereocenters. The predicted octanol–water partition coefficient (Wildman–Crippen LogP) is 1.81. The average molecular weight is 410 g/mol. The summed E-state index contributed by atoms with van der Waals surface area (Å²) in [6.45, 7) is -0.0191. The van der Waals surface area contributed by atoms with Gasteiger partial charge in [0.05, 0.1) is 20.8 Å². The molecule has 0 saturated carbocycles. The molecule has 1 saturated heterocycles. The van der Waals surface area contributed by atoms with E-state index in [1.165, 1.54) is 14.2 Å². The molecule has 0 bridgehead atoms. The summed E-state index contributed by atoms with van der Waals surface area (Å²) in [7, 11) is 2.80. The first kappa shape index (κ1) is 19.4. The average Bonchev–Trinajstić information content (AvgIpc) is 3.07. The number of hydrogen-bond donors (Lipinski definition) is 1. The number of carbonyl (C=O) groups excluding carboxylic acids is 4. The van der Waals surface area contributed by atoms with E-state index >= 15 is 0 Å². The number of esters is 1. The number of nitrogens with one attached hydrogen (secondary N) is 1. The van der Waals surface area contributed by atoms with Gasteiger partial charge in [0, 0.05) is 5.56 Å². The van der Waals surface area contributed by atoms with Gasteiger partial charge in [-0.25, -0.2) is 9.59 Å². The molecule has 2 heterocycles. The predicted molar refractivity (Wildman–Crippen MR) is 102 cm³/mol. The fourth-order valence-corrected chi connectivity index (χ4v) is 3.69. The molecule has 9 heteroatoms. The number of barbiturate groups is 1. The Morgan fingerprint density at radius 3 is 2.40 bits per heavy atom. The van der Waals surface area contributed by atoms with E-state index in [0.29, 0.717) is 16.9 Å². The minimum atomic E-state index is -1.41. The highest BCUT2D eigenvalue weighted by Gasteiger charge is 2.51. The van der Waals surface area contributed by atoms with E-state index in [0.717, 1.165) is 4.90 Å². The number of carbonyl (C=O) groups is 4. The Labute approximate surface area is 171 Å². The van der Waals surface area contributed by atoms with E-state index < -0.39 is 35.8 Å². The second kappa shape index (κ2) is 7.51. The van der Waals surface area contributed by atoms with Crippen LogP contribution in [0.4, 0.5) is 4.79 Å². The largest absolute Gasteiger partial charge is 0.493 e. The van der Waals surface area contributed by atoms with Crippen molar-refractivity contribution in [2.24, 2.45) is 5.92 Å². The lowest BCUT2D eigenvalue weighted by molar-refractivity contribution is -0.147. The van der Waals surface area contributed by atoms with Crippen LogP contribution >= 0.6 is 0 Å². The molecule has 2 aromatic rings. The van der Waals surface area contributed by atoms with Crippen molar-refractivity contribution in [2.45, 2.75) is 12.6 Å². The monoisotopic (exact) mass is 410 g/mol. The zero-order valence-corrected chi connectivity index (χ0v) is 16.2. The molecular formula is C21H18N2O7. The van der Waals surface area contributed by atoms with Gasteiger partial charge in [-0.1, -0.05) is 36.4 Å². The molecule has 2 aromatic carbocycles. The maximum absolute atomic E-state index is 13.1. The van der Waals surface area contributed by atoms with Crippen molar-refractivity contribution >= 4 is 23.8 Å². The standard InChI is InChI=1S/C21H18N2O7/c1-28-13-9-8-12-14(17(13)29-2)20(26)30-16(12)15-18(24)22-21(27)23(19(15)25)10-11-6-4-3-5-7-11/h3-9,15-16H,10H2,1-2H3,(H,22,24,27). The Balaban J connectivity index is 1.70.